The van der Waals surface area contributed by atoms with Crippen molar-refractivity contribution in [1.82, 2.24) is 5.32 Å². The van der Waals surface area contributed by atoms with E-state index in [1.54, 1.807) is 11.3 Å². The lowest BCUT2D eigenvalue weighted by Gasteiger charge is -2.21. The molecule has 1 rings (SSSR count). The fraction of sp³-hybridized carbons (Fsp3) is 0.636. The first-order valence-electron chi connectivity index (χ1n) is 5.24. The van der Waals surface area contributed by atoms with Gasteiger partial charge in [-0.25, -0.2) is 0 Å². The summed E-state index contributed by atoms with van der Waals surface area (Å²) in [5, 5.41) is 14.8. The van der Waals surface area contributed by atoms with Gasteiger partial charge in [-0.2, -0.15) is 0 Å². The first-order chi connectivity index (χ1) is 7.17. The lowest BCUT2D eigenvalue weighted by Crippen LogP contribution is -2.37. The molecule has 86 valence electrons. The summed E-state index contributed by atoms with van der Waals surface area (Å²) in [6.45, 7) is 5.35. The van der Waals surface area contributed by atoms with Gasteiger partial charge in [0, 0.05) is 12.6 Å². The van der Waals surface area contributed by atoms with Crippen LogP contribution in [0.4, 0.5) is 0 Å². The Morgan fingerprint density at radius 3 is 2.80 bits per heavy atom. The van der Waals surface area contributed by atoms with Crippen LogP contribution >= 0.6 is 27.3 Å². The average molecular weight is 292 g/mol. The van der Waals surface area contributed by atoms with Crippen molar-refractivity contribution in [2.24, 2.45) is 5.92 Å². The molecule has 1 heterocycles. The molecule has 0 aliphatic heterocycles. The van der Waals surface area contributed by atoms with E-state index in [-0.39, 0.29) is 12.6 Å². The molecule has 0 fully saturated rings. The number of rotatable bonds is 6. The van der Waals surface area contributed by atoms with Gasteiger partial charge in [0.05, 0.1) is 10.4 Å². The van der Waals surface area contributed by atoms with E-state index in [0.29, 0.717) is 5.92 Å². The van der Waals surface area contributed by atoms with E-state index in [1.165, 1.54) is 5.56 Å². The Hall–Kier alpha value is 0.100. The molecule has 2 unspecified atom stereocenters. The van der Waals surface area contributed by atoms with Crippen molar-refractivity contribution in [3.05, 3.63) is 20.8 Å². The Kier molecular flexibility index (Phi) is 5.82. The zero-order chi connectivity index (χ0) is 11.3. The Balaban J connectivity index is 2.40. The van der Waals surface area contributed by atoms with E-state index in [0.717, 1.165) is 16.8 Å². The zero-order valence-corrected chi connectivity index (χ0v) is 11.6. The minimum Gasteiger partial charge on any atom is -0.395 e. The monoisotopic (exact) mass is 291 g/mol. The number of aliphatic hydroxyl groups excluding tert-OH is 1. The van der Waals surface area contributed by atoms with Gasteiger partial charge in [-0.1, -0.05) is 20.3 Å². The molecule has 4 heteroatoms. The van der Waals surface area contributed by atoms with Gasteiger partial charge in [0.1, 0.15) is 0 Å². The Morgan fingerprint density at radius 2 is 2.33 bits per heavy atom. The molecule has 0 bridgehead atoms. The first kappa shape index (κ1) is 13.2. The largest absolute Gasteiger partial charge is 0.395 e. The van der Waals surface area contributed by atoms with Crippen molar-refractivity contribution >= 4 is 27.3 Å². The molecule has 15 heavy (non-hydrogen) atoms. The normalized spacial score (nSPS) is 15.2. The van der Waals surface area contributed by atoms with E-state index in [9.17, 15) is 5.11 Å². The molecule has 1 aromatic rings. The topological polar surface area (TPSA) is 32.3 Å². The third-order valence-corrected chi connectivity index (χ3v) is 4.27. The highest BCUT2D eigenvalue weighted by Crippen LogP contribution is 2.20. The molecule has 1 aromatic heterocycles. The molecule has 0 aromatic carbocycles. The van der Waals surface area contributed by atoms with Crippen molar-refractivity contribution in [2.75, 3.05) is 6.61 Å². The van der Waals surface area contributed by atoms with Crippen LogP contribution in [0.5, 0.6) is 0 Å². The van der Waals surface area contributed by atoms with E-state index >= 15 is 0 Å². The number of thiophene rings is 1. The van der Waals surface area contributed by atoms with Crippen molar-refractivity contribution in [1.29, 1.82) is 0 Å². The number of nitrogens with one attached hydrogen (secondary N) is 1. The highest BCUT2D eigenvalue weighted by atomic mass is 79.9. The van der Waals surface area contributed by atoms with Gasteiger partial charge in [0.25, 0.3) is 0 Å². The number of halogens is 1. The molecule has 0 amide bonds. The molecule has 0 saturated heterocycles. The smallest absolute Gasteiger partial charge is 0.0701 e. The third-order valence-electron chi connectivity index (χ3n) is 2.72. The molecule has 0 aliphatic carbocycles. The minimum absolute atomic E-state index is 0.202. The van der Waals surface area contributed by atoms with Crippen LogP contribution in [0.25, 0.3) is 0 Å². The lowest BCUT2D eigenvalue weighted by atomic mass is 10.00. The molecule has 2 N–H and O–H groups in total. The van der Waals surface area contributed by atoms with E-state index in [4.69, 9.17) is 0 Å². The molecule has 0 radical (unpaired) electrons. The SMILES string of the molecule is CCC(C)C(CO)NCc1csc(Br)c1. The lowest BCUT2D eigenvalue weighted by molar-refractivity contribution is 0.201. The standard InChI is InChI=1S/C11H18BrNOS/c1-3-8(2)10(6-14)13-5-9-4-11(12)15-7-9/h4,7-8,10,13-14H,3,5-6H2,1-2H3. The minimum atomic E-state index is 0.202. The summed E-state index contributed by atoms with van der Waals surface area (Å²) in [5.74, 6) is 0.511. The highest BCUT2D eigenvalue weighted by Gasteiger charge is 2.13. The fourth-order valence-corrected chi connectivity index (χ4v) is 2.63. The van der Waals surface area contributed by atoms with Crippen LogP contribution in [0.15, 0.2) is 15.2 Å². The maximum absolute atomic E-state index is 9.24. The van der Waals surface area contributed by atoms with Crippen LogP contribution < -0.4 is 5.32 Å². The fourth-order valence-electron chi connectivity index (χ4n) is 1.42. The van der Waals surface area contributed by atoms with Crippen LogP contribution in [0.1, 0.15) is 25.8 Å². The summed E-state index contributed by atoms with van der Waals surface area (Å²) in [6.07, 6.45) is 1.09. The van der Waals surface area contributed by atoms with Gasteiger partial charge >= 0.3 is 0 Å². The highest BCUT2D eigenvalue weighted by molar-refractivity contribution is 9.11. The van der Waals surface area contributed by atoms with Crippen LogP contribution in [-0.4, -0.2) is 17.8 Å². The van der Waals surface area contributed by atoms with Crippen molar-refractivity contribution < 1.29 is 5.11 Å². The van der Waals surface area contributed by atoms with Crippen molar-refractivity contribution in [3.63, 3.8) is 0 Å². The predicted molar refractivity (Wildman–Crippen MR) is 69.2 cm³/mol. The molecular formula is C11H18BrNOS. The summed E-state index contributed by atoms with van der Waals surface area (Å²) in [7, 11) is 0. The first-order valence-corrected chi connectivity index (χ1v) is 6.91. The van der Waals surface area contributed by atoms with E-state index in [1.807, 2.05) is 0 Å². The second kappa shape index (κ2) is 6.63. The summed E-state index contributed by atoms with van der Waals surface area (Å²) >= 11 is 5.13. The van der Waals surface area contributed by atoms with Crippen LogP contribution in [0, 0.1) is 5.92 Å². The van der Waals surface area contributed by atoms with Gasteiger partial charge in [0.15, 0.2) is 0 Å². The average Bonchev–Trinajstić information content (AvgIpc) is 2.64. The molecule has 2 nitrogen and oxygen atoms in total. The van der Waals surface area contributed by atoms with Gasteiger partial charge < -0.3 is 10.4 Å². The summed E-state index contributed by atoms with van der Waals surface area (Å²) < 4.78 is 1.16. The predicted octanol–water partition coefficient (Wildman–Crippen LogP) is 3.01. The maximum atomic E-state index is 9.24. The molecule has 0 saturated carbocycles. The molecule has 2 atom stereocenters. The zero-order valence-electron chi connectivity index (χ0n) is 9.16. The second-order valence-corrected chi connectivity index (χ2v) is 6.11. The second-order valence-electron chi connectivity index (χ2n) is 3.81. The van der Waals surface area contributed by atoms with Gasteiger partial charge in [0.2, 0.25) is 0 Å². The quantitative estimate of drug-likeness (QED) is 0.845. The van der Waals surface area contributed by atoms with Gasteiger partial charge in [-0.15, -0.1) is 11.3 Å². The molecule has 0 aliphatic rings. The Morgan fingerprint density at radius 1 is 1.60 bits per heavy atom. The van der Waals surface area contributed by atoms with Gasteiger partial charge in [-0.05, 0) is 38.9 Å². The van der Waals surface area contributed by atoms with Crippen molar-refractivity contribution in [2.45, 2.75) is 32.9 Å². The maximum Gasteiger partial charge on any atom is 0.0701 e. The van der Waals surface area contributed by atoms with Crippen LogP contribution in [0.2, 0.25) is 0 Å². The van der Waals surface area contributed by atoms with Crippen molar-refractivity contribution in [3.8, 4) is 0 Å². The van der Waals surface area contributed by atoms with Crippen LogP contribution in [0.3, 0.4) is 0 Å². The number of hydrogen-bond donors (Lipinski definition) is 2. The third kappa shape index (κ3) is 4.23. The Bertz CT molecular complexity index is 290. The Labute approximate surface area is 104 Å². The molecular weight excluding hydrogens is 274 g/mol. The molecule has 0 spiro atoms. The van der Waals surface area contributed by atoms with Crippen LogP contribution in [-0.2, 0) is 6.54 Å². The van der Waals surface area contributed by atoms with E-state index in [2.05, 4.69) is 46.5 Å². The number of aliphatic hydroxyl groups is 1. The summed E-state index contributed by atoms with van der Waals surface area (Å²) in [6, 6.07) is 2.32. The number of hydrogen-bond acceptors (Lipinski definition) is 3. The summed E-state index contributed by atoms with van der Waals surface area (Å²) in [4.78, 5) is 0. The van der Waals surface area contributed by atoms with Gasteiger partial charge in [-0.3, -0.25) is 0 Å². The van der Waals surface area contributed by atoms with E-state index < -0.39 is 0 Å². The summed E-state index contributed by atoms with van der Waals surface area (Å²) in [5.41, 5.74) is 1.27.